The van der Waals surface area contributed by atoms with Gasteiger partial charge >= 0.3 is 0 Å². The van der Waals surface area contributed by atoms with Gasteiger partial charge in [0.1, 0.15) is 5.75 Å². The molecule has 0 aliphatic carbocycles. The fourth-order valence-electron chi connectivity index (χ4n) is 3.46. The Hall–Kier alpha value is -3.34. The normalized spacial score (nSPS) is 13.2. The van der Waals surface area contributed by atoms with Gasteiger partial charge in [0, 0.05) is 17.8 Å². The zero-order valence-corrected chi connectivity index (χ0v) is 15.8. The standard InChI is InChI=1S/C23H22N2O3/c1-2-3-13-25-20-14-17(11-12-21(20)28-15-22(25)26)24-23(27)19-10-6-8-16-7-4-5-9-18(16)19/h4-12,14H,2-3,13,15H2,1H3,(H,24,27). The van der Waals surface area contributed by atoms with Crippen LogP contribution in [0, 0.1) is 0 Å². The van der Waals surface area contributed by atoms with E-state index < -0.39 is 0 Å². The maximum Gasteiger partial charge on any atom is 0.265 e. The topological polar surface area (TPSA) is 58.6 Å². The number of carbonyl (C=O) groups is 2. The first-order chi connectivity index (χ1) is 13.7. The Kier molecular flexibility index (Phi) is 4.98. The van der Waals surface area contributed by atoms with Crippen LogP contribution < -0.4 is 15.0 Å². The molecule has 0 saturated carbocycles. The molecule has 0 bridgehead atoms. The summed E-state index contributed by atoms with van der Waals surface area (Å²) >= 11 is 0. The number of hydrogen-bond donors (Lipinski definition) is 1. The molecule has 4 rings (SSSR count). The van der Waals surface area contributed by atoms with Gasteiger partial charge < -0.3 is 15.0 Å². The number of benzene rings is 3. The molecule has 1 N–H and O–H groups in total. The molecule has 28 heavy (non-hydrogen) atoms. The van der Waals surface area contributed by atoms with E-state index in [4.69, 9.17) is 4.74 Å². The highest BCUT2D eigenvalue weighted by Crippen LogP contribution is 2.35. The van der Waals surface area contributed by atoms with Crippen molar-refractivity contribution >= 4 is 34.0 Å². The maximum absolute atomic E-state index is 12.9. The first-order valence-corrected chi connectivity index (χ1v) is 9.53. The van der Waals surface area contributed by atoms with Crippen molar-refractivity contribution in [2.45, 2.75) is 19.8 Å². The van der Waals surface area contributed by atoms with E-state index in [2.05, 4.69) is 12.2 Å². The summed E-state index contributed by atoms with van der Waals surface area (Å²) in [4.78, 5) is 26.9. The van der Waals surface area contributed by atoms with Crippen molar-refractivity contribution < 1.29 is 14.3 Å². The predicted octanol–water partition coefficient (Wildman–Crippen LogP) is 4.62. The summed E-state index contributed by atoms with van der Waals surface area (Å²) in [5, 5.41) is 4.88. The molecular weight excluding hydrogens is 352 g/mol. The largest absolute Gasteiger partial charge is 0.482 e. The van der Waals surface area contributed by atoms with E-state index >= 15 is 0 Å². The van der Waals surface area contributed by atoms with Crippen LogP contribution in [0.1, 0.15) is 30.1 Å². The van der Waals surface area contributed by atoms with E-state index in [1.54, 1.807) is 17.0 Å². The molecule has 0 unspecified atom stereocenters. The lowest BCUT2D eigenvalue weighted by Gasteiger charge is -2.29. The zero-order valence-electron chi connectivity index (χ0n) is 15.8. The molecule has 3 aromatic carbocycles. The van der Waals surface area contributed by atoms with E-state index in [0.29, 0.717) is 29.2 Å². The number of ether oxygens (including phenoxy) is 1. The van der Waals surface area contributed by atoms with Gasteiger partial charge in [-0.2, -0.15) is 0 Å². The van der Waals surface area contributed by atoms with E-state index in [-0.39, 0.29) is 18.4 Å². The number of nitrogens with zero attached hydrogens (tertiary/aromatic N) is 1. The summed E-state index contributed by atoms with van der Waals surface area (Å²) in [7, 11) is 0. The van der Waals surface area contributed by atoms with Gasteiger partial charge in [-0.25, -0.2) is 0 Å². The van der Waals surface area contributed by atoms with Crippen LogP contribution in [0.5, 0.6) is 5.75 Å². The van der Waals surface area contributed by atoms with E-state index in [1.165, 1.54) is 0 Å². The first kappa shape index (κ1) is 18.0. The Bertz CT molecular complexity index is 1040. The van der Waals surface area contributed by atoms with Crippen LogP contribution in [0.15, 0.2) is 60.7 Å². The van der Waals surface area contributed by atoms with E-state index in [9.17, 15) is 9.59 Å². The quantitative estimate of drug-likeness (QED) is 0.709. The fraction of sp³-hybridized carbons (Fsp3) is 0.217. The minimum absolute atomic E-state index is 0.0540. The Morgan fingerprint density at radius 2 is 1.93 bits per heavy atom. The number of rotatable bonds is 5. The van der Waals surface area contributed by atoms with Crippen LogP contribution in [0.3, 0.4) is 0 Å². The average Bonchev–Trinajstić information content (AvgIpc) is 2.72. The molecule has 3 aromatic rings. The minimum Gasteiger partial charge on any atom is -0.482 e. The highest BCUT2D eigenvalue weighted by atomic mass is 16.5. The number of unbranched alkanes of at least 4 members (excludes halogenated alkanes) is 1. The van der Waals surface area contributed by atoms with Crippen LogP contribution in [0.4, 0.5) is 11.4 Å². The molecule has 5 nitrogen and oxygen atoms in total. The molecule has 0 spiro atoms. The molecule has 1 aliphatic rings. The zero-order chi connectivity index (χ0) is 19.5. The lowest BCUT2D eigenvalue weighted by atomic mass is 10.0. The van der Waals surface area contributed by atoms with Crippen LogP contribution >= 0.6 is 0 Å². The summed E-state index contributed by atoms with van der Waals surface area (Å²) < 4.78 is 5.54. The minimum atomic E-state index is -0.181. The van der Waals surface area contributed by atoms with Gasteiger partial charge in [-0.15, -0.1) is 0 Å². The van der Waals surface area contributed by atoms with Gasteiger partial charge in [-0.1, -0.05) is 49.7 Å². The van der Waals surface area contributed by atoms with E-state index in [1.807, 2.05) is 48.5 Å². The number of carbonyl (C=O) groups excluding carboxylic acids is 2. The van der Waals surface area contributed by atoms with Crippen molar-refractivity contribution in [3.05, 3.63) is 66.2 Å². The van der Waals surface area contributed by atoms with Crippen LogP contribution in [-0.2, 0) is 4.79 Å². The number of fused-ring (bicyclic) bond motifs is 2. The number of amides is 2. The summed E-state index contributed by atoms with van der Waals surface area (Å²) in [6, 6.07) is 18.9. The number of nitrogens with one attached hydrogen (secondary N) is 1. The Balaban J connectivity index is 1.63. The third kappa shape index (κ3) is 3.43. The van der Waals surface area contributed by atoms with Gasteiger partial charge in [0.05, 0.1) is 5.69 Å². The molecule has 142 valence electrons. The molecule has 1 aliphatic heterocycles. The Morgan fingerprint density at radius 3 is 2.79 bits per heavy atom. The fourth-order valence-corrected chi connectivity index (χ4v) is 3.46. The third-order valence-electron chi connectivity index (χ3n) is 4.93. The molecule has 0 radical (unpaired) electrons. The lowest BCUT2D eigenvalue weighted by Crippen LogP contribution is -2.39. The summed E-state index contributed by atoms with van der Waals surface area (Å²) in [6.45, 7) is 2.79. The van der Waals surface area contributed by atoms with Crippen molar-refractivity contribution in [2.75, 3.05) is 23.4 Å². The Morgan fingerprint density at radius 1 is 1.11 bits per heavy atom. The maximum atomic E-state index is 12.9. The van der Waals surface area contributed by atoms with Crippen molar-refractivity contribution in [3.63, 3.8) is 0 Å². The van der Waals surface area contributed by atoms with Crippen LogP contribution in [0.25, 0.3) is 10.8 Å². The second kappa shape index (κ2) is 7.72. The van der Waals surface area contributed by atoms with Gasteiger partial charge in [-0.05, 0) is 41.5 Å². The molecule has 0 fully saturated rings. The first-order valence-electron chi connectivity index (χ1n) is 9.53. The van der Waals surface area contributed by atoms with Crippen molar-refractivity contribution in [1.29, 1.82) is 0 Å². The summed E-state index contributed by atoms with van der Waals surface area (Å²) in [6.07, 6.45) is 1.91. The van der Waals surface area contributed by atoms with Crippen LogP contribution in [0.2, 0.25) is 0 Å². The van der Waals surface area contributed by atoms with Gasteiger partial charge in [-0.3, -0.25) is 9.59 Å². The lowest BCUT2D eigenvalue weighted by molar-refractivity contribution is -0.121. The number of hydrogen-bond acceptors (Lipinski definition) is 3. The molecule has 1 heterocycles. The Labute approximate surface area is 163 Å². The molecular formula is C23H22N2O3. The summed E-state index contributed by atoms with van der Waals surface area (Å²) in [5.41, 5.74) is 1.96. The van der Waals surface area contributed by atoms with Crippen LogP contribution in [-0.4, -0.2) is 25.0 Å². The van der Waals surface area contributed by atoms with Gasteiger partial charge in [0.25, 0.3) is 11.8 Å². The SMILES string of the molecule is CCCCN1C(=O)COc2ccc(NC(=O)c3cccc4ccccc34)cc21. The van der Waals surface area contributed by atoms with E-state index in [0.717, 1.165) is 23.6 Å². The number of anilines is 2. The predicted molar refractivity (Wildman–Crippen MR) is 111 cm³/mol. The van der Waals surface area contributed by atoms with Crippen molar-refractivity contribution in [1.82, 2.24) is 0 Å². The molecule has 0 atom stereocenters. The second-order valence-electron chi connectivity index (χ2n) is 6.85. The molecule has 5 heteroatoms. The third-order valence-corrected chi connectivity index (χ3v) is 4.93. The second-order valence-corrected chi connectivity index (χ2v) is 6.85. The highest BCUT2D eigenvalue weighted by Gasteiger charge is 2.25. The van der Waals surface area contributed by atoms with Gasteiger partial charge in [0.2, 0.25) is 0 Å². The molecule has 0 saturated heterocycles. The monoisotopic (exact) mass is 374 g/mol. The molecule has 0 aromatic heterocycles. The average molecular weight is 374 g/mol. The van der Waals surface area contributed by atoms with Crippen molar-refractivity contribution in [2.24, 2.45) is 0 Å². The van der Waals surface area contributed by atoms with Gasteiger partial charge in [0.15, 0.2) is 6.61 Å². The smallest absolute Gasteiger partial charge is 0.265 e. The molecule has 2 amide bonds. The highest BCUT2D eigenvalue weighted by molar-refractivity contribution is 6.13. The van der Waals surface area contributed by atoms with Crippen molar-refractivity contribution in [3.8, 4) is 5.75 Å². The summed E-state index contributed by atoms with van der Waals surface area (Å²) in [5.74, 6) is 0.428.